The van der Waals surface area contributed by atoms with Crippen LogP contribution in [0.3, 0.4) is 0 Å². The number of carbonyl (C=O) groups is 1. The van der Waals surface area contributed by atoms with Crippen LogP contribution >= 0.6 is 12.4 Å². The molecular weight excluding hydrogens is 403 g/mol. The minimum atomic E-state index is -4.35. The lowest BCUT2D eigenvalue weighted by Crippen LogP contribution is -2.47. The van der Waals surface area contributed by atoms with Gasteiger partial charge >= 0.3 is 6.18 Å². The molecule has 1 amide bonds. The third kappa shape index (κ3) is 4.12. The van der Waals surface area contributed by atoms with E-state index >= 15 is 0 Å². The zero-order valence-electron chi connectivity index (χ0n) is 16.1. The van der Waals surface area contributed by atoms with E-state index < -0.39 is 17.3 Å². The number of pyridine rings is 1. The summed E-state index contributed by atoms with van der Waals surface area (Å²) in [6, 6.07) is 8.72. The number of carbonyl (C=O) groups excluding carboxylic acids is 1. The fourth-order valence-electron chi connectivity index (χ4n) is 4.38. The van der Waals surface area contributed by atoms with E-state index in [9.17, 15) is 18.0 Å². The lowest BCUT2D eigenvalue weighted by Gasteiger charge is -2.23. The first-order valence-corrected chi connectivity index (χ1v) is 9.32. The van der Waals surface area contributed by atoms with E-state index in [1.807, 2.05) is 19.9 Å². The number of alkyl halides is 3. The maximum Gasteiger partial charge on any atom is 0.416 e. The van der Waals surface area contributed by atoms with Crippen LogP contribution in [0, 0.1) is 0 Å². The summed E-state index contributed by atoms with van der Waals surface area (Å²) in [5, 5.41) is 6.51. The summed E-state index contributed by atoms with van der Waals surface area (Å²) in [6.45, 7) is 4.02. The van der Waals surface area contributed by atoms with Gasteiger partial charge in [-0.05, 0) is 68.5 Å². The summed E-state index contributed by atoms with van der Waals surface area (Å²) in [7, 11) is 0. The Kier molecular flexibility index (Phi) is 5.43. The smallest absolute Gasteiger partial charge is 0.350 e. The van der Waals surface area contributed by atoms with Gasteiger partial charge in [0.1, 0.15) is 5.54 Å². The van der Waals surface area contributed by atoms with Crippen molar-refractivity contribution in [2.75, 3.05) is 0 Å². The van der Waals surface area contributed by atoms with Gasteiger partial charge in [0.25, 0.3) is 0 Å². The highest BCUT2D eigenvalue weighted by Crippen LogP contribution is 2.41. The molecule has 0 saturated carbocycles. The van der Waals surface area contributed by atoms with E-state index in [2.05, 4.69) is 15.6 Å². The van der Waals surface area contributed by atoms with Gasteiger partial charge in [-0.1, -0.05) is 12.1 Å². The van der Waals surface area contributed by atoms with Crippen LogP contribution in [0.25, 0.3) is 11.1 Å². The van der Waals surface area contributed by atoms with Crippen LogP contribution in [0.2, 0.25) is 0 Å². The molecule has 3 heterocycles. The highest BCUT2D eigenvalue weighted by molar-refractivity contribution is 5.90. The second-order valence-corrected chi connectivity index (χ2v) is 8.38. The van der Waals surface area contributed by atoms with Crippen LogP contribution in [0.1, 0.15) is 50.4 Å². The van der Waals surface area contributed by atoms with Gasteiger partial charge in [-0.15, -0.1) is 12.4 Å². The molecule has 2 aromatic rings. The highest BCUT2D eigenvalue weighted by Gasteiger charge is 2.54. The van der Waals surface area contributed by atoms with E-state index in [0.717, 1.165) is 36.2 Å². The van der Waals surface area contributed by atoms with Crippen molar-refractivity contribution < 1.29 is 18.0 Å². The Labute approximate surface area is 173 Å². The van der Waals surface area contributed by atoms with Crippen molar-refractivity contribution in [3.05, 3.63) is 53.9 Å². The monoisotopic (exact) mass is 425 g/mol. The molecule has 0 aliphatic carbocycles. The summed E-state index contributed by atoms with van der Waals surface area (Å²) in [5.74, 6) is 0.0268. The van der Waals surface area contributed by atoms with Gasteiger partial charge in [0.2, 0.25) is 5.91 Å². The molecule has 8 heteroatoms. The molecule has 2 saturated heterocycles. The number of amides is 1. The van der Waals surface area contributed by atoms with E-state index in [1.54, 1.807) is 12.3 Å². The van der Waals surface area contributed by atoms with Gasteiger partial charge in [-0.25, -0.2) is 0 Å². The molecular formula is C21H23ClF3N3O. The average Bonchev–Trinajstić information content (AvgIpc) is 3.15. The molecule has 2 aliphatic heterocycles. The SMILES string of the molecule is CC1(C)C[C@]2(CC[C@H](c3cc(-c4ccc(C(F)(F)F)cc4)ccn3)N2)C(=O)N1.Cl. The largest absolute Gasteiger partial charge is 0.416 e. The fourth-order valence-corrected chi connectivity index (χ4v) is 4.38. The first-order chi connectivity index (χ1) is 13.1. The van der Waals surface area contributed by atoms with Crippen LogP contribution in [-0.4, -0.2) is 22.0 Å². The molecule has 2 N–H and O–H groups in total. The minimum Gasteiger partial charge on any atom is -0.350 e. The van der Waals surface area contributed by atoms with Crippen molar-refractivity contribution in [2.45, 2.75) is 56.4 Å². The zero-order valence-corrected chi connectivity index (χ0v) is 17.0. The Balaban J connectivity index is 0.00000240. The number of nitrogens with zero attached hydrogens (tertiary/aromatic N) is 1. The fraction of sp³-hybridized carbons (Fsp3) is 0.429. The Morgan fingerprint density at radius 3 is 2.38 bits per heavy atom. The van der Waals surface area contributed by atoms with Gasteiger partial charge in [0.05, 0.1) is 17.3 Å². The molecule has 2 fully saturated rings. The predicted molar refractivity (Wildman–Crippen MR) is 107 cm³/mol. The molecule has 2 atom stereocenters. The van der Waals surface area contributed by atoms with Gasteiger partial charge in [0, 0.05) is 11.7 Å². The number of nitrogens with one attached hydrogen (secondary N) is 2. The van der Waals surface area contributed by atoms with Gasteiger partial charge in [-0.3, -0.25) is 15.1 Å². The topological polar surface area (TPSA) is 54.0 Å². The third-order valence-corrected chi connectivity index (χ3v) is 5.62. The number of hydrogen-bond acceptors (Lipinski definition) is 3. The molecule has 4 rings (SSSR count). The van der Waals surface area contributed by atoms with Crippen LogP contribution in [0.15, 0.2) is 42.6 Å². The van der Waals surface area contributed by atoms with Crippen molar-refractivity contribution >= 4 is 18.3 Å². The molecule has 0 radical (unpaired) electrons. The summed E-state index contributed by atoms with van der Waals surface area (Å²) in [5.41, 5.74) is 0.822. The second kappa shape index (κ2) is 7.29. The predicted octanol–water partition coefficient (Wildman–Crippen LogP) is 4.65. The molecule has 2 aliphatic rings. The quantitative estimate of drug-likeness (QED) is 0.736. The Morgan fingerprint density at radius 2 is 1.79 bits per heavy atom. The summed E-state index contributed by atoms with van der Waals surface area (Å²) < 4.78 is 38.3. The molecule has 156 valence electrons. The average molecular weight is 426 g/mol. The first kappa shape index (κ1) is 21.6. The first-order valence-electron chi connectivity index (χ1n) is 9.32. The van der Waals surface area contributed by atoms with Crippen molar-refractivity contribution in [3.63, 3.8) is 0 Å². The van der Waals surface area contributed by atoms with E-state index in [-0.39, 0.29) is 29.9 Å². The standard InChI is InChI=1S/C21H22F3N3O.ClH/c1-19(2)12-20(18(28)27-19)9-7-16(26-20)17-11-14(8-10-25-17)13-3-5-15(6-4-13)21(22,23)24;/h3-6,8,10-11,16,26H,7,9,12H2,1-2H3,(H,27,28);1H/t16-,20-;/m1./s1. The van der Waals surface area contributed by atoms with Crippen molar-refractivity contribution in [1.29, 1.82) is 0 Å². The zero-order chi connectivity index (χ0) is 20.2. The van der Waals surface area contributed by atoms with Crippen LogP contribution in [-0.2, 0) is 11.0 Å². The lowest BCUT2D eigenvalue weighted by molar-refractivity contribution is -0.137. The highest BCUT2D eigenvalue weighted by atomic mass is 35.5. The Bertz CT molecular complexity index is 914. The maximum atomic E-state index is 12.8. The van der Waals surface area contributed by atoms with E-state index in [1.165, 1.54) is 12.1 Å². The molecule has 0 bridgehead atoms. The molecule has 1 aromatic heterocycles. The van der Waals surface area contributed by atoms with E-state index in [0.29, 0.717) is 12.0 Å². The third-order valence-electron chi connectivity index (χ3n) is 5.62. The van der Waals surface area contributed by atoms with Crippen LogP contribution in [0.5, 0.6) is 0 Å². The number of halogens is 4. The molecule has 1 aromatic carbocycles. The van der Waals surface area contributed by atoms with Gasteiger partial charge < -0.3 is 5.32 Å². The van der Waals surface area contributed by atoms with Gasteiger partial charge in [-0.2, -0.15) is 13.2 Å². The Morgan fingerprint density at radius 1 is 1.10 bits per heavy atom. The second-order valence-electron chi connectivity index (χ2n) is 8.38. The minimum absolute atomic E-state index is 0. The van der Waals surface area contributed by atoms with E-state index in [4.69, 9.17) is 0 Å². The van der Waals surface area contributed by atoms with Crippen molar-refractivity contribution in [2.24, 2.45) is 0 Å². The number of rotatable bonds is 2. The number of hydrogen-bond donors (Lipinski definition) is 2. The molecule has 29 heavy (non-hydrogen) atoms. The normalized spacial score (nSPS) is 25.7. The van der Waals surface area contributed by atoms with Crippen molar-refractivity contribution in [1.82, 2.24) is 15.6 Å². The van der Waals surface area contributed by atoms with Crippen molar-refractivity contribution in [3.8, 4) is 11.1 Å². The van der Waals surface area contributed by atoms with Crippen LogP contribution in [0.4, 0.5) is 13.2 Å². The summed E-state index contributed by atoms with van der Waals surface area (Å²) in [4.78, 5) is 17.0. The maximum absolute atomic E-state index is 12.8. The summed E-state index contributed by atoms with van der Waals surface area (Å²) >= 11 is 0. The molecule has 4 nitrogen and oxygen atoms in total. The van der Waals surface area contributed by atoms with Crippen LogP contribution < -0.4 is 10.6 Å². The van der Waals surface area contributed by atoms with Gasteiger partial charge in [0.15, 0.2) is 0 Å². The number of benzene rings is 1. The molecule has 1 spiro atoms. The summed E-state index contributed by atoms with van der Waals surface area (Å²) in [6.07, 6.45) is -0.451. The Hall–Kier alpha value is -2.12. The number of aromatic nitrogens is 1. The molecule has 0 unspecified atom stereocenters. The lowest BCUT2D eigenvalue weighted by atomic mass is 9.88.